The van der Waals surface area contributed by atoms with Crippen LogP contribution in [-0.4, -0.2) is 26.1 Å². The molecule has 1 aliphatic rings. The van der Waals surface area contributed by atoms with Crippen molar-refractivity contribution in [2.75, 3.05) is 10.7 Å². The highest BCUT2D eigenvalue weighted by molar-refractivity contribution is 7.90. The van der Waals surface area contributed by atoms with Crippen molar-refractivity contribution in [1.82, 2.24) is 0 Å². The molecule has 5 heteroatoms. The molecule has 0 bridgehead atoms. The smallest absolute Gasteiger partial charge is 0.228 e. The van der Waals surface area contributed by atoms with Gasteiger partial charge in [-0.1, -0.05) is 48.5 Å². The van der Waals surface area contributed by atoms with Crippen molar-refractivity contribution < 1.29 is 13.2 Å². The van der Waals surface area contributed by atoms with Crippen molar-refractivity contribution in [2.24, 2.45) is 0 Å². The van der Waals surface area contributed by atoms with Crippen molar-refractivity contribution in [2.45, 2.75) is 31.6 Å². The van der Waals surface area contributed by atoms with E-state index in [-0.39, 0.29) is 29.9 Å². The van der Waals surface area contributed by atoms with Crippen LogP contribution in [0.3, 0.4) is 0 Å². The Bertz CT molecular complexity index is 831. The number of fused-ring (bicyclic) bond motifs is 1. The van der Waals surface area contributed by atoms with E-state index in [0.29, 0.717) is 0 Å². The summed E-state index contributed by atoms with van der Waals surface area (Å²) in [5.41, 5.74) is 2.81. The first-order chi connectivity index (χ1) is 11.5. The molecule has 1 aliphatic heterocycles. The average molecular weight is 343 g/mol. The fourth-order valence-corrected chi connectivity index (χ4v) is 4.54. The van der Waals surface area contributed by atoms with E-state index in [4.69, 9.17) is 0 Å². The van der Waals surface area contributed by atoms with Crippen molar-refractivity contribution in [3.63, 3.8) is 0 Å². The molecule has 1 unspecified atom stereocenters. The Morgan fingerprint density at radius 2 is 1.75 bits per heavy atom. The Kier molecular flexibility index (Phi) is 4.71. The number of para-hydroxylation sites is 1. The van der Waals surface area contributed by atoms with Crippen molar-refractivity contribution in [3.8, 4) is 0 Å². The molecule has 126 valence electrons. The van der Waals surface area contributed by atoms with Gasteiger partial charge >= 0.3 is 0 Å². The molecule has 1 amide bonds. The maximum atomic E-state index is 12.6. The zero-order valence-electron chi connectivity index (χ0n) is 13.7. The van der Waals surface area contributed by atoms with Gasteiger partial charge in [0.1, 0.15) is 0 Å². The SMILES string of the molecule is CC1Cc2ccccc2N1C(=O)CCS(=O)(=O)Cc1ccccc1. The lowest BCUT2D eigenvalue weighted by molar-refractivity contribution is -0.118. The molecule has 0 spiro atoms. The van der Waals surface area contributed by atoms with Crippen LogP contribution in [0.25, 0.3) is 0 Å². The lowest BCUT2D eigenvalue weighted by Crippen LogP contribution is -2.36. The van der Waals surface area contributed by atoms with Crippen LogP contribution in [0, 0.1) is 0 Å². The molecule has 0 fully saturated rings. The fourth-order valence-electron chi connectivity index (χ4n) is 3.21. The van der Waals surface area contributed by atoms with Gasteiger partial charge in [-0.3, -0.25) is 4.79 Å². The lowest BCUT2D eigenvalue weighted by Gasteiger charge is -2.22. The second-order valence-corrected chi connectivity index (χ2v) is 8.46. The monoisotopic (exact) mass is 343 g/mol. The number of hydrogen-bond acceptors (Lipinski definition) is 3. The summed E-state index contributed by atoms with van der Waals surface area (Å²) in [5, 5.41) is 0. The van der Waals surface area contributed by atoms with E-state index in [1.54, 1.807) is 17.0 Å². The molecule has 0 saturated heterocycles. The van der Waals surface area contributed by atoms with E-state index in [1.807, 2.05) is 49.4 Å². The maximum Gasteiger partial charge on any atom is 0.228 e. The van der Waals surface area contributed by atoms with Gasteiger partial charge in [-0.25, -0.2) is 8.42 Å². The van der Waals surface area contributed by atoms with E-state index in [1.165, 1.54) is 0 Å². The maximum absolute atomic E-state index is 12.6. The predicted molar refractivity (Wildman–Crippen MR) is 95.6 cm³/mol. The topological polar surface area (TPSA) is 54.5 Å². The summed E-state index contributed by atoms with van der Waals surface area (Å²) in [6.45, 7) is 2.00. The molecule has 0 aliphatic carbocycles. The van der Waals surface area contributed by atoms with E-state index < -0.39 is 9.84 Å². The third-order valence-electron chi connectivity index (χ3n) is 4.33. The molecule has 24 heavy (non-hydrogen) atoms. The molecule has 0 radical (unpaired) electrons. The van der Waals surface area contributed by atoms with E-state index >= 15 is 0 Å². The van der Waals surface area contributed by atoms with Crippen LogP contribution in [0.15, 0.2) is 54.6 Å². The Balaban J connectivity index is 1.65. The van der Waals surface area contributed by atoms with Gasteiger partial charge in [0.25, 0.3) is 0 Å². The van der Waals surface area contributed by atoms with E-state index in [2.05, 4.69) is 0 Å². The molecule has 3 rings (SSSR count). The fraction of sp³-hybridized carbons (Fsp3) is 0.316. The molecule has 1 atom stereocenters. The van der Waals surface area contributed by atoms with E-state index in [0.717, 1.165) is 23.2 Å². The number of hydrogen-bond donors (Lipinski definition) is 0. The average Bonchev–Trinajstić information content (AvgIpc) is 2.89. The highest BCUT2D eigenvalue weighted by atomic mass is 32.2. The molecule has 2 aromatic carbocycles. The predicted octanol–water partition coefficient (Wildman–Crippen LogP) is 2.97. The summed E-state index contributed by atoms with van der Waals surface area (Å²) in [5.74, 6) is -0.261. The summed E-state index contributed by atoms with van der Waals surface area (Å²) >= 11 is 0. The van der Waals surface area contributed by atoms with Gasteiger partial charge < -0.3 is 4.90 Å². The highest BCUT2D eigenvalue weighted by Gasteiger charge is 2.30. The van der Waals surface area contributed by atoms with E-state index in [9.17, 15) is 13.2 Å². The van der Waals surface area contributed by atoms with Gasteiger partial charge in [0.2, 0.25) is 5.91 Å². The molecule has 0 saturated carbocycles. The summed E-state index contributed by atoms with van der Waals surface area (Å²) in [6, 6.07) is 17.0. The standard InChI is InChI=1S/C19H21NO3S/c1-15-13-17-9-5-6-10-18(17)20(15)19(21)11-12-24(22,23)14-16-7-3-2-4-8-16/h2-10,15H,11-14H2,1H3. The minimum atomic E-state index is -3.30. The van der Waals surface area contributed by atoms with Gasteiger partial charge in [-0.15, -0.1) is 0 Å². The number of sulfone groups is 1. The molecule has 4 nitrogen and oxygen atoms in total. The second kappa shape index (κ2) is 6.77. The Morgan fingerprint density at radius 1 is 1.08 bits per heavy atom. The van der Waals surface area contributed by atoms with Gasteiger partial charge in [-0.2, -0.15) is 0 Å². The summed E-state index contributed by atoms with van der Waals surface area (Å²) < 4.78 is 24.6. The van der Waals surface area contributed by atoms with Gasteiger partial charge in [-0.05, 0) is 30.5 Å². The number of anilines is 1. The normalized spacial score (nSPS) is 16.9. The molecular formula is C19H21NO3S. The first-order valence-corrected chi connectivity index (χ1v) is 9.93. The van der Waals surface area contributed by atoms with Crippen LogP contribution in [-0.2, 0) is 26.8 Å². The Morgan fingerprint density at radius 3 is 2.50 bits per heavy atom. The van der Waals surface area contributed by atoms with Gasteiger partial charge in [0, 0.05) is 18.2 Å². The number of rotatable bonds is 5. The Hall–Kier alpha value is -2.14. The first-order valence-electron chi connectivity index (χ1n) is 8.10. The summed E-state index contributed by atoms with van der Waals surface area (Å²) in [6.07, 6.45) is 0.840. The Labute approximate surface area is 143 Å². The lowest BCUT2D eigenvalue weighted by atomic mass is 10.1. The second-order valence-electron chi connectivity index (χ2n) is 6.27. The minimum absolute atomic E-state index is 0.0206. The van der Waals surface area contributed by atoms with Crippen LogP contribution < -0.4 is 4.90 Å². The van der Waals surface area contributed by atoms with Crippen LogP contribution in [0.4, 0.5) is 5.69 Å². The number of nitrogens with zero attached hydrogens (tertiary/aromatic N) is 1. The zero-order valence-corrected chi connectivity index (χ0v) is 14.5. The molecule has 0 aromatic heterocycles. The molecular weight excluding hydrogens is 322 g/mol. The summed E-state index contributed by atoms with van der Waals surface area (Å²) in [7, 11) is -3.30. The number of amides is 1. The van der Waals surface area contributed by atoms with Crippen molar-refractivity contribution in [1.29, 1.82) is 0 Å². The van der Waals surface area contributed by atoms with Crippen molar-refractivity contribution in [3.05, 3.63) is 65.7 Å². The molecule has 1 heterocycles. The first kappa shape index (κ1) is 16.7. The molecule has 2 aromatic rings. The van der Waals surface area contributed by atoms with Crippen LogP contribution >= 0.6 is 0 Å². The van der Waals surface area contributed by atoms with Crippen LogP contribution in [0.1, 0.15) is 24.5 Å². The number of benzene rings is 2. The van der Waals surface area contributed by atoms with Crippen LogP contribution in [0.5, 0.6) is 0 Å². The zero-order chi connectivity index (χ0) is 17.2. The third-order valence-corrected chi connectivity index (χ3v) is 5.93. The highest BCUT2D eigenvalue weighted by Crippen LogP contribution is 2.32. The van der Waals surface area contributed by atoms with Crippen molar-refractivity contribution >= 4 is 21.4 Å². The van der Waals surface area contributed by atoms with Crippen LogP contribution in [0.2, 0.25) is 0 Å². The number of carbonyl (C=O) groups is 1. The number of carbonyl (C=O) groups excluding carboxylic acids is 1. The van der Waals surface area contributed by atoms with Gasteiger partial charge in [0.15, 0.2) is 9.84 Å². The van der Waals surface area contributed by atoms with Gasteiger partial charge in [0.05, 0.1) is 11.5 Å². The molecule has 0 N–H and O–H groups in total. The largest absolute Gasteiger partial charge is 0.309 e. The quantitative estimate of drug-likeness (QED) is 0.839. The third kappa shape index (κ3) is 3.67. The summed E-state index contributed by atoms with van der Waals surface area (Å²) in [4.78, 5) is 14.3. The minimum Gasteiger partial charge on any atom is -0.309 e.